The lowest BCUT2D eigenvalue weighted by molar-refractivity contribution is 0.424. The summed E-state index contributed by atoms with van der Waals surface area (Å²) in [5.41, 5.74) is 3.12. The number of nitrogens with one attached hydrogen (secondary N) is 2. The molecule has 1 aromatic carbocycles. The molecule has 0 fully saturated rings. The first-order chi connectivity index (χ1) is 8.87. The predicted molar refractivity (Wildman–Crippen MR) is 80.6 cm³/mol. The Morgan fingerprint density at radius 1 is 1.21 bits per heavy atom. The number of benzene rings is 1. The lowest BCUT2D eigenvalue weighted by Gasteiger charge is -2.20. The second-order valence-corrected chi connectivity index (χ2v) is 6.32. The first-order valence-corrected chi connectivity index (χ1v) is 6.85. The summed E-state index contributed by atoms with van der Waals surface area (Å²) in [7, 11) is 0. The van der Waals surface area contributed by atoms with E-state index in [0.717, 1.165) is 23.4 Å². The van der Waals surface area contributed by atoms with E-state index < -0.39 is 0 Å². The lowest BCUT2D eigenvalue weighted by atomic mass is 10.1. The Balaban J connectivity index is 2.26. The molecule has 0 unspecified atom stereocenters. The van der Waals surface area contributed by atoms with Gasteiger partial charge in [0.2, 0.25) is 0 Å². The van der Waals surface area contributed by atoms with Crippen LogP contribution in [0.1, 0.15) is 26.3 Å². The quantitative estimate of drug-likeness (QED) is 0.888. The Morgan fingerprint density at radius 3 is 2.58 bits per heavy atom. The van der Waals surface area contributed by atoms with Gasteiger partial charge in [0.05, 0.1) is 21.9 Å². The first-order valence-electron chi connectivity index (χ1n) is 6.09. The smallest absolute Gasteiger partial charge is 0.0695 e. The highest BCUT2D eigenvalue weighted by molar-refractivity contribution is 6.42. The third-order valence-electron chi connectivity index (χ3n) is 2.74. The molecular weight excluding hydrogens is 281 g/mol. The number of nitrogens with zero attached hydrogens (tertiary/aromatic N) is 1. The number of rotatable bonds is 3. The average molecular weight is 298 g/mol. The summed E-state index contributed by atoms with van der Waals surface area (Å²) >= 11 is 12.0. The van der Waals surface area contributed by atoms with Crippen LogP contribution in [0.5, 0.6) is 0 Å². The molecule has 102 valence electrons. The highest BCUT2D eigenvalue weighted by atomic mass is 35.5. The molecule has 19 heavy (non-hydrogen) atoms. The molecule has 1 heterocycles. The van der Waals surface area contributed by atoms with Crippen molar-refractivity contribution in [2.45, 2.75) is 32.9 Å². The van der Waals surface area contributed by atoms with Crippen molar-refractivity contribution in [2.24, 2.45) is 0 Å². The molecule has 0 aliphatic heterocycles. The van der Waals surface area contributed by atoms with Crippen LogP contribution < -0.4 is 5.32 Å². The monoisotopic (exact) mass is 297 g/mol. The van der Waals surface area contributed by atoms with E-state index in [1.165, 1.54) is 0 Å². The largest absolute Gasteiger partial charge is 0.308 e. The van der Waals surface area contributed by atoms with Crippen LogP contribution in [0, 0.1) is 0 Å². The fourth-order valence-corrected chi connectivity index (χ4v) is 2.01. The van der Waals surface area contributed by atoms with Crippen molar-refractivity contribution in [1.29, 1.82) is 0 Å². The van der Waals surface area contributed by atoms with E-state index in [0.29, 0.717) is 10.0 Å². The zero-order chi connectivity index (χ0) is 14.0. The summed E-state index contributed by atoms with van der Waals surface area (Å²) in [6.45, 7) is 7.14. The van der Waals surface area contributed by atoms with Gasteiger partial charge in [0.1, 0.15) is 0 Å². The van der Waals surface area contributed by atoms with Crippen LogP contribution in [0.4, 0.5) is 0 Å². The summed E-state index contributed by atoms with van der Waals surface area (Å²) in [6, 6.07) is 5.57. The number of hydrogen-bond acceptors (Lipinski definition) is 2. The van der Waals surface area contributed by atoms with Gasteiger partial charge in [-0.3, -0.25) is 5.10 Å². The molecule has 1 aromatic heterocycles. The van der Waals surface area contributed by atoms with Crippen LogP contribution in [0.3, 0.4) is 0 Å². The molecule has 0 radical (unpaired) electrons. The highest BCUT2D eigenvalue weighted by Gasteiger charge is 2.13. The number of aromatic nitrogens is 2. The van der Waals surface area contributed by atoms with E-state index in [9.17, 15) is 0 Å². The lowest BCUT2D eigenvalue weighted by Crippen LogP contribution is -2.35. The van der Waals surface area contributed by atoms with E-state index in [-0.39, 0.29) is 5.54 Å². The van der Waals surface area contributed by atoms with Crippen LogP contribution in [-0.2, 0) is 6.54 Å². The molecule has 5 heteroatoms. The van der Waals surface area contributed by atoms with Crippen LogP contribution in [-0.4, -0.2) is 15.7 Å². The van der Waals surface area contributed by atoms with Gasteiger partial charge in [-0.25, -0.2) is 0 Å². The third-order valence-corrected chi connectivity index (χ3v) is 3.47. The standard InChI is InChI=1S/C14H17Cl2N3/c1-14(2,3)17-7-10-8-18-19-13(10)9-4-5-11(15)12(16)6-9/h4-6,8,17H,7H2,1-3H3,(H,18,19). The first kappa shape index (κ1) is 14.4. The zero-order valence-electron chi connectivity index (χ0n) is 11.2. The molecule has 0 spiro atoms. The molecule has 0 amide bonds. The van der Waals surface area contributed by atoms with Crippen LogP contribution in [0.25, 0.3) is 11.3 Å². The van der Waals surface area contributed by atoms with Gasteiger partial charge in [0.25, 0.3) is 0 Å². The van der Waals surface area contributed by atoms with Gasteiger partial charge >= 0.3 is 0 Å². The fraction of sp³-hybridized carbons (Fsp3) is 0.357. The summed E-state index contributed by atoms with van der Waals surface area (Å²) < 4.78 is 0. The molecule has 0 atom stereocenters. The van der Waals surface area contributed by atoms with Crippen molar-refractivity contribution in [3.63, 3.8) is 0 Å². The van der Waals surface area contributed by atoms with Crippen molar-refractivity contribution in [3.05, 3.63) is 40.0 Å². The molecule has 0 saturated heterocycles. The van der Waals surface area contributed by atoms with Gasteiger partial charge in [0, 0.05) is 23.2 Å². The number of H-pyrrole nitrogens is 1. The molecule has 3 nitrogen and oxygen atoms in total. The minimum Gasteiger partial charge on any atom is -0.308 e. The summed E-state index contributed by atoms with van der Waals surface area (Å²) in [5, 5.41) is 11.7. The third kappa shape index (κ3) is 3.72. The van der Waals surface area contributed by atoms with Gasteiger partial charge in [-0.05, 0) is 32.9 Å². The summed E-state index contributed by atoms with van der Waals surface area (Å²) in [4.78, 5) is 0. The molecule has 2 rings (SSSR count). The average Bonchev–Trinajstić information content (AvgIpc) is 2.77. The second-order valence-electron chi connectivity index (χ2n) is 5.50. The Labute approximate surface area is 123 Å². The Bertz CT molecular complexity index is 570. The molecule has 0 bridgehead atoms. The topological polar surface area (TPSA) is 40.7 Å². The van der Waals surface area contributed by atoms with E-state index in [2.05, 4.69) is 36.3 Å². The maximum atomic E-state index is 6.05. The molecule has 2 aromatic rings. The fourth-order valence-electron chi connectivity index (χ4n) is 1.71. The van der Waals surface area contributed by atoms with Crippen molar-refractivity contribution in [2.75, 3.05) is 0 Å². The van der Waals surface area contributed by atoms with Gasteiger partial charge in [0.15, 0.2) is 0 Å². The highest BCUT2D eigenvalue weighted by Crippen LogP contribution is 2.29. The Hall–Kier alpha value is -1.03. The number of aromatic amines is 1. The van der Waals surface area contributed by atoms with Crippen molar-refractivity contribution < 1.29 is 0 Å². The molecule has 2 N–H and O–H groups in total. The van der Waals surface area contributed by atoms with E-state index in [1.54, 1.807) is 6.07 Å². The summed E-state index contributed by atoms with van der Waals surface area (Å²) in [5.74, 6) is 0. The maximum Gasteiger partial charge on any atom is 0.0695 e. The second kappa shape index (κ2) is 5.53. The minimum absolute atomic E-state index is 0.0617. The molecule has 0 aliphatic carbocycles. The summed E-state index contributed by atoms with van der Waals surface area (Å²) in [6.07, 6.45) is 1.83. The van der Waals surface area contributed by atoms with Crippen molar-refractivity contribution in [3.8, 4) is 11.3 Å². The van der Waals surface area contributed by atoms with Gasteiger partial charge < -0.3 is 5.32 Å². The maximum absolute atomic E-state index is 6.05. The Kier molecular flexibility index (Phi) is 4.19. The number of halogens is 2. The van der Waals surface area contributed by atoms with Crippen molar-refractivity contribution in [1.82, 2.24) is 15.5 Å². The SMILES string of the molecule is CC(C)(C)NCc1cn[nH]c1-c1ccc(Cl)c(Cl)c1. The zero-order valence-corrected chi connectivity index (χ0v) is 12.7. The Morgan fingerprint density at radius 2 is 1.95 bits per heavy atom. The van der Waals surface area contributed by atoms with E-state index in [1.807, 2.05) is 18.3 Å². The normalized spacial score (nSPS) is 11.8. The van der Waals surface area contributed by atoms with Crippen LogP contribution in [0.2, 0.25) is 10.0 Å². The predicted octanol–water partition coefficient (Wildman–Crippen LogP) is 4.27. The van der Waals surface area contributed by atoms with Gasteiger partial charge in [-0.15, -0.1) is 0 Å². The molecule has 0 aliphatic rings. The van der Waals surface area contributed by atoms with Gasteiger partial charge in [-0.2, -0.15) is 5.10 Å². The van der Waals surface area contributed by atoms with Crippen LogP contribution in [0.15, 0.2) is 24.4 Å². The van der Waals surface area contributed by atoms with Crippen LogP contribution >= 0.6 is 23.2 Å². The minimum atomic E-state index is 0.0617. The molecule has 0 saturated carbocycles. The van der Waals surface area contributed by atoms with E-state index in [4.69, 9.17) is 23.2 Å². The number of hydrogen-bond donors (Lipinski definition) is 2. The van der Waals surface area contributed by atoms with E-state index >= 15 is 0 Å². The van der Waals surface area contributed by atoms with Gasteiger partial charge in [-0.1, -0.05) is 29.3 Å². The molecular formula is C14H17Cl2N3. The van der Waals surface area contributed by atoms with Crippen molar-refractivity contribution >= 4 is 23.2 Å².